The zero-order valence-electron chi connectivity index (χ0n) is 13.5. The van der Waals surface area contributed by atoms with Gasteiger partial charge in [-0.25, -0.2) is 0 Å². The Bertz CT molecular complexity index is 663. The van der Waals surface area contributed by atoms with Gasteiger partial charge in [0.2, 0.25) is 5.45 Å². The Kier molecular flexibility index (Phi) is 6.81. The molecule has 1 rings (SSSR count). The van der Waals surface area contributed by atoms with E-state index in [1.54, 1.807) is 32.9 Å². The minimum Gasteiger partial charge on any atom is -0.307 e. The average molecular weight is 381 g/mol. The predicted octanol–water partition coefficient (Wildman–Crippen LogP) is 4.82. The Morgan fingerprint density at radius 3 is 2.17 bits per heavy atom. The van der Waals surface area contributed by atoms with Crippen LogP contribution in [0, 0.1) is 5.41 Å². The largest absolute Gasteiger partial charge is 0.384 e. The van der Waals surface area contributed by atoms with E-state index in [-0.39, 0.29) is 5.45 Å². The zero-order valence-corrected chi connectivity index (χ0v) is 15.9. The van der Waals surface area contributed by atoms with E-state index in [0.717, 1.165) is 0 Å². The monoisotopic (exact) mass is 380 g/mol. The molecule has 0 heterocycles. The highest BCUT2D eigenvalue weighted by Crippen LogP contribution is 2.49. The number of rotatable bonds is 6. The van der Waals surface area contributed by atoms with E-state index in [2.05, 4.69) is 10.5 Å². The summed E-state index contributed by atoms with van der Waals surface area (Å²) < 4.78 is 22.4. The van der Waals surface area contributed by atoms with Crippen molar-refractivity contribution in [1.29, 1.82) is 0 Å². The van der Waals surface area contributed by atoms with Crippen molar-refractivity contribution in [3.63, 3.8) is 0 Å². The number of nitrogens with one attached hydrogen (secondary N) is 1. The van der Waals surface area contributed by atoms with Crippen molar-refractivity contribution in [2.45, 2.75) is 20.8 Å². The zero-order chi connectivity index (χ0) is 17.8. The number of hydrogen-bond donors (Lipinski definition) is 1. The number of ketones is 1. The molecule has 0 saturated heterocycles. The molecule has 1 aromatic rings. The molecule has 0 aromatic heterocycles. The van der Waals surface area contributed by atoms with E-state index < -0.39 is 18.8 Å². The number of anilines is 1. The Morgan fingerprint density at radius 1 is 1.17 bits per heavy atom. The number of carbonyl (C=O) groups excluding carboxylic acids is 1. The van der Waals surface area contributed by atoms with E-state index in [4.69, 9.17) is 32.2 Å². The Morgan fingerprint density at radius 2 is 1.74 bits per heavy atom. The molecule has 0 unspecified atom stereocenters. The molecule has 9 heteroatoms. The van der Waals surface area contributed by atoms with Crippen molar-refractivity contribution < 1.29 is 18.4 Å². The van der Waals surface area contributed by atoms with Gasteiger partial charge in [-0.2, -0.15) is 5.10 Å². The van der Waals surface area contributed by atoms with Crippen LogP contribution in [0.3, 0.4) is 0 Å². The van der Waals surface area contributed by atoms with Gasteiger partial charge in [0.25, 0.3) is 0 Å². The van der Waals surface area contributed by atoms with E-state index in [0.29, 0.717) is 15.7 Å². The number of halogens is 2. The second-order valence-electron chi connectivity index (χ2n) is 5.62. The number of hydrogen-bond acceptors (Lipinski definition) is 6. The van der Waals surface area contributed by atoms with Crippen molar-refractivity contribution in [1.82, 2.24) is 0 Å². The van der Waals surface area contributed by atoms with Crippen LogP contribution in [0.1, 0.15) is 20.8 Å². The van der Waals surface area contributed by atoms with E-state index in [1.807, 2.05) is 0 Å². The maximum Gasteiger partial charge on any atom is 0.384 e. The maximum absolute atomic E-state index is 12.6. The van der Waals surface area contributed by atoms with Crippen molar-refractivity contribution in [3.05, 3.63) is 28.2 Å². The number of benzene rings is 1. The standard InChI is InChI=1S/C14H19Cl2N2O4P/c1-14(2,3)12(19)13(23(20,21-4)22-5)18-17-9-6-7-10(15)11(16)8-9/h6-8,17H,1-5H3/b18-13-. The van der Waals surface area contributed by atoms with Gasteiger partial charge >= 0.3 is 7.60 Å². The lowest BCUT2D eigenvalue weighted by Gasteiger charge is -2.21. The summed E-state index contributed by atoms with van der Waals surface area (Å²) >= 11 is 11.8. The lowest BCUT2D eigenvalue weighted by molar-refractivity contribution is -0.119. The molecule has 0 aliphatic heterocycles. The quantitative estimate of drug-likeness (QED) is 0.434. The first-order valence-corrected chi connectivity index (χ1v) is 8.90. The third-order valence-corrected chi connectivity index (χ3v) is 5.36. The maximum atomic E-state index is 12.6. The molecular formula is C14H19Cl2N2O4P. The first-order valence-electron chi connectivity index (χ1n) is 6.61. The lowest BCUT2D eigenvalue weighted by atomic mass is 9.91. The summed E-state index contributed by atoms with van der Waals surface area (Å²) in [5.74, 6) is -0.461. The number of Topliss-reactive ketones (excluding diaryl/α,β-unsaturated/α-hetero) is 1. The Hall–Kier alpha value is -0.910. The summed E-state index contributed by atoms with van der Waals surface area (Å²) in [5, 5.41) is 4.65. The molecule has 6 nitrogen and oxygen atoms in total. The lowest BCUT2D eigenvalue weighted by Crippen LogP contribution is -2.30. The molecule has 128 valence electrons. The van der Waals surface area contributed by atoms with Crippen LogP contribution in [0.2, 0.25) is 10.0 Å². The molecule has 0 fully saturated rings. The SMILES string of the molecule is COP(=O)(OC)/C(=N\Nc1ccc(Cl)c(Cl)c1)C(=O)C(C)(C)C. The van der Waals surface area contributed by atoms with Crippen LogP contribution in [0.15, 0.2) is 23.3 Å². The molecular weight excluding hydrogens is 362 g/mol. The molecule has 1 N–H and O–H groups in total. The Balaban J connectivity index is 3.26. The molecule has 1 aromatic carbocycles. The van der Waals surface area contributed by atoms with Gasteiger partial charge in [0.05, 0.1) is 15.7 Å². The molecule has 0 saturated carbocycles. The topological polar surface area (TPSA) is 77.0 Å². The predicted molar refractivity (Wildman–Crippen MR) is 93.6 cm³/mol. The third kappa shape index (κ3) is 5.03. The summed E-state index contributed by atoms with van der Waals surface area (Å²) in [5.41, 5.74) is 1.97. The van der Waals surface area contributed by atoms with Crippen LogP contribution >= 0.6 is 30.8 Å². The summed E-state index contributed by atoms with van der Waals surface area (Å²) in [6.07, 6.45) is 0. The minimum atomic E-state index is -3.82. The van der Waals surface area contributed by atoms with Gasteiger partial charge in [-0.05, 0) is 18.2 Å². The second kappa shape index (κ2) is 7.77. The average Bonchev–Trinajstić information content (AvgIpc) is 2.49. The molecule has 0 bridgehead atoms. The summed E-state index contributed by atoms with van der Waals surface area (Å²) in [6, 6.07) is 4.71. The van der Waals surface area contributed by atoms with Crippen molar-refractivity contribution in [2.24, 2.45) is 10.5 Å². The van der Waals surface area contributed by atoms with Crippen LogP contribution < -0.4 is 5.43 Å². The van der Waals surface area contributed by atoms with Crippen LogP contribution in [0.5, 0.6) is 0 Å². The van der Waals surface area contributed by atoms with E-state index in [9.17, 15) is 9.36 Å². The highest BCUT2D eigenvalue weighted by Gasteiger charge is 2.40. The van der Waals surface area contributed by atoms with Gasteiger partial charge in [-0.15, -0.1) is 0 Å². The van der Waals surface area contributed by atoms with Crippen LogP contribution in [-0.4, -0.2) is 25.5 Å². The molecule has 0 amide bonds. The van der Waals surface area contributed by atoms with Crippen LogP contribution in [0.4, 0.5) is 5.69 Å². The summed E-state index contributed by atoms with van der Waals surface area (Å²) in [4.78, 5) is 12.5. The summed E-state index contributed by atoms with van der Waals surface area (Å²) in [7, 11) is -1.44. The van der Waals surface area contributed by atoms with Gasteiger partial charge in [0.1, 0.15) is 0 Å². The van der Waals surface area contributed by atoms with Gasteiger partial charge < -0.3 is 9.05 Å². The van der Waals surface area contributed by atoms with Gasteiger partial charge in [-0.1, -0.05) is 44.0 Å². The Labute approximate surface area is 145 Å². The minimum absolute atomic E-state index is 0.317. The van der Waals surface area contributed by atoms with Crippen molar-refractivity contribution in [3.8, 4) is 0 Å². The van der Waals surface area contributed by atoms with Crippen LogP contribution in [-0.2, 0) is 18.4 Å². The number of carbonyl (C=O) groups is 1. The van der Waals surface area contributed by atoms with Gasteiger partial charge in [-0.3, -0.25) is 14.8 Å². The molecule has 0 spiro atoms. The van der Waals surface area contributed by atoms with Crippen LogP contribution in [0.25, 0.3) is 0 Å². The normalized spacial score (nSPS) is 13.1. The molecule has 0 aliphatic rings. The van der Waals surface area contributed by atoms with Crippen molar-refractivity contribution in [2.75, 3.05) is 19.6 Å². The molecule has 0 aliphatic carbocycles. The van der Waals surface area contributed by atoms with Gasteiger partial charge in [0.15, 0.2) is 5.78 Å². The molecule has 23 heavy (non-hydrogen) atoms. The molecule has 0 radical (unpaired) electrons. The highest BCUT2D eigenvalue weighted by molar-refractivity contribution is 7.75. The smallest absolute Gasteiger partial charge is 0.307 e. The number of nitrogens with zero attached hydrogens (tertiary/aromatic N) is 1. The first-order chi connectivity index (χ1) is 10.5. The number of hydrazone groups is 1. The fourth-order valence-corrected chi connectivity index (χ4v) is 3.05. The third-order valence-electron chi connectivity index (χ3n) is 2.83. The van der Waals surface area contributed by atoms with Gasteiger partial charge in [0, 0.05) is 19.6 Å². The van der Waals surface area contributed by atoms with Crippen molar-refractivity contribution >= 4 is 47.7 Å². The van der Waals surface area contributed by atoms with E-state index in [1.165, 1.54) is 20.3 Å². The fourth-order valence-electron chi connectivity index (χ4n) is 1.50. The fraction of sp³-hybridized carbons (Fsp3) is 0.429. The second-order valence-corrected chi connectivity index (χ2v) is 8.58. The summed E-state index contributed by atoms with van der Waals surface area (Å²) in [6.45, 7) is 5.04. The first kappa shape index (κ1) is 20.1. The van der Waals surface area contributed by atoms with E-state index >= 15 is 0 Å². The molecule has 0 atom stereocenters. The highest BCUT2D eigenvalue weighted by atomic mass is 35.5.